The minimum atomic E-state index is 0.0845. The van der Waals surface area contributed by atoms with Crippen LogP contribution in [0.1, 0.15) is 42.1 Å². The minimum Gasteiger partial charge on any atom is -0.494 e. The lowest BCUT2D eigenvalue weighted by Gasteiger charge is -2.19. The Hall–Kier alpha value is -3.60. The molecule has 0 radical (unpaired) electrons. The molecular formula is C29H31N3O2. The van der Waals surface area contributed by atoms with E-state index in [2.05, 4.69) is 54.8 Å². The zero-order valence-electron chi connectivity index (χ0n) is 19.9. The van der Waals surface area contributed by atoms with Gasteiger partial charge in [-0.25, -0.2) is 4.98 Å². The van der Waals surface area contributed by atoms with Crippen LogP contribution in [0.15, 0.2) is 72.8 Å². The molecule has 34 heavy (non-hydrogen) atoms. The molecule has 0 bridgehead atoms. The number of ether oxygens (including phenoxy) is 1. The van der Waals surface area contributed by atoms with Crippen LogP contribution in [0.25, 0.3) is 11.0 Å². The summed E-state index contributed by atoms with van der Waals surface area (Å²) in [5.41, 5.74) is 5.48. The lowest BCUT2D eigenvalue weighted by Crippen LogP contribution is -2.24. The monoisotopic (exact) mass is 453 g/mol. The van der Waals surface area contributed by atoms with E-state index in [-0.39, 0.29) is 11.8 Å². The second-order valence-corrected chi connectivity index (χ2v) is 9.23. The smallest absolute Gasteiger partial charge is 0.227 e. The van der Waals surface area contributed by atoms with Crippen molar-refractivity contribution in [2.75, 3.05) is 18.1 Å². The Kier molecular flexibility index (Phi) is 6.35. The number of hydrogen-bond acceptors (Lipinski definition) is 3. The first-order valence-corrected chi connectivity index (χ1v) is 12.1. The van der Waals surface area contributed by atoms with Gasteiger partial charge in [-0.3, -0.25) is 4.79 Å². The molecule has 1 amide bonds. The topological polar surface area (TPSA) is 47.4 Å². The third-order valence-electron chi connectivity index (χ3n) is 6.48. The third kappa shape index (κ3) is 4.69. The molecule has 4 aromatic rings. The van der Waals surface area contributed by atoms with E-state index < -0.39 is 0 Å². The number of anilines is 1. The molecule has 3 aromatic carbocycles. The fourth-order valence-electron chi connectivity index (χ4n) is 4.96. The highest BCUT2D eigenvalue weighted by Gasteiger charge is 2.34. The van der Waals surface area contributed by atoms with Crippen molar-refractivity contribution in [2.24, 2.45) is 0 Å². The fourth-order valence-corrected chi connectivity index (χ4v) is 4.96. The average molecular weight is 454 g/mol. The number of hydrogen-bond donors (Lipinski definition) is 0. The van der Waals surface area contributed by atoms with E-state index in [1.807, 2.05) is 41.3 Å². The summed E-state index contributed by atoms with van der Waals surface area (Å²) >= 11 is 0. The number of carbonyl (C=O) groups is 1. The molecule has 1 saturated heterocycles. The van der Waals surface area contributed by atoms with Crippen molar-refractivity contribution in [3.05, 3.63) is 89.7 Å². The fraction of sp³-hybridized carbons (Fsp3) is 0.310. The summed E-state index contributed by atoms with van der Waals surface area (Å²) in [4.78, 5) is 19.9. The molecule has 1 unspecified atom stereocenters. The number of unbranched alkanes of at least 4 members (excludes halogenated alkanes) is 1. The van der Waals surface area contributed by atoms with Crippen molar-refractivity contribution in [3.8, 4) is 5.75 Å². The summed E-state index contributed by atoms with van der Waals surface area (Å²) in [6.45, 7) is 6.38. The number of benzene rings is 3. The first-order chi connectivity index (χ1) is 16.6. The molecule has 1 fully saturated rings. The van der Waals surface area contributed by atoms with E-state index in [9.17, 15) is 4.79 Å². The Balaban J connectivity index is 1.32. The molecule has 0 spiro atoms. The van der Waals surface area contributed by atoms with Crippen LogP contribution in [0.2, 0.25) is 0 Å². The summed E-state index contributed by atoms with van der Waals surface area (Å²) < 4.78 is 8.18. The summed E-state index contributed by atoms with van der Waals surface area (Å²) in [6, 6.07) is 24.6. The van der Waals surface area contributed by atoms with E-state index in [1.165, 1.54) is 11.1 Å². The quantitative estimate of drug-likeness (QED) is 0.306. The van der Waals surface area contributed by atoms with Gasteiger partial charge in [0, 0.05) is 31.1 Å². The maximum atomic E-state index is 13.0. The molecule has 5 rings (SSSR count). The van der Waals surface area contributed by atoms with Gasteiger partial charge >= 0.3 is 0 Å². The molecule has 1 aliphatic heterocycles. The highest BCUT2D eigenvalue weighted by atomic mass is 16.5. The van der Waals surface area contributed by atoms with Crippen LogP contribution >= 0.6 is 0 Å². The van der Waals surface area contributed by atoms with Crippen LogP contribution in [-0.2, 0) is 11.3 Å². The van der Waals surface area contributed by atoms with Gasteiger partial charge in [-0.1, -0.05) is 36.4 Å². The van der Waals surface area contributed by atoms with Gasteiger partial charge in [0.05, 0.1) is 17.6 Å². The lowest BCUT2D eigenvalue weighted by atomic mass is 10.1. The van der Waals surface area contributed by atoms with E-state index in [4.69, 9.17) is 9.72 Å². The lowest BCUT2D eigenvalue weighted by molar-refractivity contribution is -0.117. The molecule has 1 atom stereocenters. The van der Waals surface area contributed by atoms with Crippen molar-refractivity contribution in [2.45, 2.75) is 45.6 Å². The van der Waals surface area contributed by atoms with Gasteiger partial charge in [-0.2, -0.15) is 0 Å². The standard InChI is InChI=1S/C29H31N3O2/c1-21-16-22(2)18-24(17-21)32-20-23(19-28(32)33)29-30-26-12-6-7-13-27(26)31(29)14-8-9-15-34-25-10-4-3-5-11-25/h3-7,10-13,16-18,23H,8-9,14-15,19-20H2,1-2H3. The second-order valence-electron chi connectivity index (χ2n) is 9.23. The van der Waals surface area contributed by atoms with E-state index in [0.29, 0.717) is 19.6 Å². The normalized spacial score (nSPS) is 15.9. The molecule has 2 heterocycles. The first-order valence-electron chi connectivity index (χ1n) is 12.1. The summed E-state index contributed by atoms with van der Waals surface area (Å²) in [7, 11) is 0. The Labute approximate surface area is 201 Å². The molecular weight excluding hydrogens is 422 g/mol. The number of rotatable bonds is 8. The van der Waals surface area contributed by atoms with Crippen LogP contribution in [0.3, 0.4) is 0 Å². The van der Waals surface area contributed by atoms with Crippen molar-refractivity contribution in [1.29, 1.82) is 0 Å². The van der Waals surface area contributed by atoms with Crippen LogP contribution in [0.5, 0.6) is 5.75 Å². The van der Waals surface area contributed by atoms with Gasteiger partial charge in [-0.05, 0) is 74.2 Å². The number of aromatic nitrogens is 2. The molecule has 0 saturated carbocycles. The van der Waals surface area contributed by atoms with Gasteiger partial charge in [-0.15, -0.1) is 0 Å². The number of carbonyl (C=O) groups excluding carboxylic acids is 1. The number of para-hydroxylation sites is 3. The molecule has 0 aliphatic carbocycles. The summed E-state index contributed by atoms with van der Waals surface area (Å²) in [5.74, 6) is 2.18. The van der Waals surface area contributed by atoms with Crippen LogP contribution < -0.4 is 9.64 Å². The van der Waals surface area contributed by atoms with Crippen LogP contribution in [0, 0.1) is 13.8 Å². The van der Waals surface area contributed by atoms with Crippen LogP contribution in [0.4, 0.5) is 5.69 Å². The van der Waals surface area contributed by atoms with Crippen molar-refractivity contribution >= 4 is 22.6 Å². The molecule has 1 aliphatic rings. The van der Waals surface area contributed by atoms with Gasteiger partial charge < -0.3 is 14.2 Å². The maximum absolute atomic E-state index is 13.0. The molecule has 1 aromatic heterocycles. The summed E-state index contributed by atoms with van der Waals surface area (Å²) in [5, 5.41) is 0. The first kappa shape index (κ1) is 22.2. The number of fused-ring (bicyclic) bond motifs is 1. The number of imidazole rings is 1. The molecule has 0 N–H and O–H groups in total. The molecule has 174 valence electrons. The zero-order chi connectivity index (χ0) is 23.5. The zero-order valence-corrected chi connectivity index (χ0v) is 19.9. The van der Waals surface area contributed by atoms with Crippen molar-refractivity contribution in [3.63, 3.8) is 0 Å². The van der Waals surface area contributed by atoms with Gasteiger partial charge in [0.15, 0.2) is 0 Å². The second kappa shape index (κ2) is 9.72. The number of nitrogens with zero attached hydrogens (tertiary/aromatic N) is 3. The summed E-state index contributed by atoms with van der Waals surface area (Å²) in [6.07, 6.45) is 2.44. The Morgan fingerprint density at radius 3 is 2.47 bits per heavy atom. The van der Waals surface area contributed by atoms with Crippen molar-refractivity contribution < 1.29 is 9.53 Å². The predicted molar refractivity (Wildman–Crippen MR) is 137 cm³/mol. The Bertz CT molecular complexity index is 1280. The minimum absolute atomic E-state index is 0.0845. The van der Waals surface area contributed by atoms with Crippen molar-refractivity contribution in [1.82, 2.24) is 9.55 Å². The molecule has 5 nitrogen and oxygen atoms in total. The van der Waals surface area contributed by atoms with Gasteiger partial charge in [0.1, 0.15) is 11.6 Å². The van der Waals surface area contributed by atoms with Gasteiger partial charge in [0.2, 0.25) is 5.91 Å². The van der Waals surface area contributed by atoms with Gasteiger partial charge in [0.25, 0.3) is 0 Å². The van der Waals surface area contributed by atoms with E-state index in [0.717, 1.165) is 47.7 Å². The highest BCUT2D eigenvalue weighted by Crippen LogP contribution is 2.34. The van der Waals surface area contributed by atoms with E-state index >= 15 is 0 Å². The Morgan fingerprint density at radius 1 is 0.941 bits per heavy atom. The maximum Gasteiger partial charge on any atom is 0.227 e. The largest absolute Gasteiger partial charge is 0.494 e. The number of amides is 1. The predicted octanol–water partition coefficient (Wildman–Crippen LogP) is 6.03. The highest BCUT2D eigenvalue weighted by molar-refractivity contribution is 5.96. The third-order valence-corrected chi connectivity index (χ3v) is 6.48. The van der Waals surface area contributed by atoms with E-state index in [1.54, 1.807) is 0 Å². The SMILES string of the molecule is Cc1cc(C)cc(N2CC(c3nc4ccccc4n3CCCCOc3ccccc3)CC2=O)c1. The Morgan fingerprint density at radius 2 is 1.68 bits per heavy atom. The average Bonchev–Trinajstić information content (AvgIpc) is 3.39. The molecule has 5 heteroatoms. The number of aryl methyl sites for hydroxylation is 3. The van der Waals surface area contributed by atoms with Crippen LogP contribution in [-0.4, -0.2) is 28.6 Å².